The average Bonchev–Trinajstić information content (AvgIpc) is 2.33. The van der Waals surface area contributed by atoms with Crippen LogP contribution in [0.25, 0.3) is 0 Å². The molecule has 1 aliphatic rings. The van der Waals surface area contributed by atoms with Crippen LogP contribution in [0.15, 0.2) is 18.2 Å². The Balaban J connectivity index is 1.99. The number of nitrogens with one attached hydrogen (secondary N) is 1. The number of rotatable bonds is 3. The van der Waals surface area contributed by atoms with Crippen molar-refractivity contribution in [2.45, 2.75) is 44.8 Å². The molecule has 0 aromatic heterocycles. The third kappa shape index (κ3) is 3.51. The molecular formula is C15H22F2N2. The van der Waals surface area contributed by atoms with Gasteiger partial charge in [-0.1, -0.05) is 6.07 Å². The van der Waals surface area contributed by atoms with Crippen molar-refractivity contribution >= 4 is 0 Å². The maximum absolute atomic E-state index is 13.7. The molecule has 1 N–H and O–H groups in total. The molecule has 1 saturated heterocycles. The Labute approximate surface area is 113 Å². The molecule has 1 fully saturated rings. The molecule has 1 aromatic rings. The molecule has 19 heavy (non-hydrogen) atoms. The minimum atomic E-state index is -0.527. The SMILES string of the molecule is CC(NC1CCN(C)C(C)C1)c1ccc(F)cc1F. The molecule has 4 heteroatoms. The molecule has 0 amide bonds. The smallest absolute Gasteiger partial charge is 0.130 e. The highest BCUT2D eigenvalue weighted by Crippen LogP contribution is 2.22. The van der Waals surface area contributed by atoms with Gasteiger partial charge in [-0.3, -0.25) is 0 Å². The fraction of sp³-hybridized carbons (Fsp3) is 0.600. The molecule has 0 spiro atoms. The minimum absolute atomic E-state index is 0.0961. The second-order valence-electron chi connectivity index (χ2n) is 5.61. The molecule has 3 atom stereocenters. The second kappa shape index (κ2) is 5.97. The van der Waals surface area contributed by atoms with Gasteiger partial charge in [0.25, 0.3) is 0 Å². The van der Waals surface area contributed by atoms with Crippen LogP contribution in [0.4, 0.5) is 8.78 Å². The number of halogens is 2. The summed E-state index contributed by atoms with van der Waals surface area (Å²) in [5.74, 6) is -0.998. The summed E-state index contributed by atoms with van der Waals surface area (Å²) in [6.07, 6.45) is 2.12. The van der Waals surface area contributed by atoms with Crippen LogP contribution in [-0.2, 0) is 0 Å². The molecule has 0 bridgehead atoms. The Hall–Kier alpha value is -1.00. The number of hydrogen-bond donors (Lipinski definition) is 1. The van der Waals surface area contributed by atoms with Crippen molar-refractivity contribution in [2.75, 3.05) is 13.6 Å². The van der Waals surface area contributed by atoms with E-state index in [0.717, 1.165) is 25.5 Å². The summed E-state index contributed by atoms with van der Waals surface area (Å²) in [4.78, 5) is 2.33. The van der Waals surface area contributed by atoms with Gasteiger partial charge in [0.1, 0.15) is 11.6 Å². The Morgan fingerprint density at radius 3 is 2.74 bits per heavy atom. The molecule has 0 aliphatic carbocycles. The van der Waals surface area contributed by atoms with E-state index in [1.165, 1.54) is 12.1 Å². The lowest BCUT2D eigenvalue weighted by Crippen LogP contribution is -2.46. The Morgan fingerprint density at radius 2 is 2.11 bits per heavy atom. The predicted molar refractivity (Wildman–Crippen MR) is 73.0 cm³/mol. The third-order valence-electron chi connectivity index (χ3n) is 4.12. The normalized spacial score (nSPS) is 26.4. The molecule has 106 valence electrons. The van der Waals surface area contributed by atoms with E-state index in [9.17, 15) is 8.78 Å². The fourth-order valence-electron chi connectivity index (χ4n) is 2.74. The number of nitrogens with zero attached hydrogens (tertiary/aromatic N) is 1. The predicted octanol–water partition coefficient (Wildman–Crippen LogP) is 3.10. The van der Waals surface area contributed by atoms with E-state index in [4.69, 9.17) is 0 Å². The number of likely N-dealkylation sites (tertiary alicyclic amines) is 1. The van der Waals surface area contributed by atoms with Crippen LogP contribution in [0.1, 0.15) is 38.3 Å². The van der Waals surface area contributed by atoms with E-state index < -0.39 is 11.6 Å². The van der Waals surface area contributed by atoms with Crippen LogP contribution in [0.2, 0.25) is 0 Å². The highest BCUT2D eigenvalue weighted by Gasteiger charge is 2.24. The van der Waals surface area contributed by atoms with Gasteiger partial charge in [-0.2, -0.15) is 0 Å². The third-order valence-corrected chi connectivity index (χ3v) is 4.12. The van der Waals surface area contributed by atoms with E-state index in [2.05, 4.69) is 24.2 Å². The zero-order chi connectivity index (χ0) is 14.0. The van der Waals surface area contributed by atoms with E-state index in [1.54, 1.807) is 0 Å². The highest BCUT2D eigenvalue weighted by atomic mass is 19.1. The van der Waals surface area contributed by atoms with Crippen LogP contribution in [0.5, 0.6) is 0 Å². The van der Waals surface area contributed by atoms with Crippen LogP contribution in [0, 0.1) is 11.6 Å². The first-order chi connectivity index (χ1) is 8.97. The molecule has 0 radical (unpaired) electrons. The van der Waals surface area contributed by atoms with Crippen LogP contribution in [0.3, 0.4) is 0 Å². The van der Waals surface area contributed by atoms with E-state index in [1.807, 2.05) is 6.92 Å². The van der Waals surface area contributed by atoms with E-state index in [0.29, 0.717) is 17.6 Å². The number of piperidine rings is 1. The standard InChI is InChI=1S/C15H22F2N2/c1-10-8-13(6-7-19(10)3)18-11(2)14-5-4-12(16)9-15(14)17/h4-5,9-11,13,18H,6-8H2,1-3H3. The summed E-state index contributed by atoms with van der Waals surface area (Å²) < 4.78 is 26.6. The first kappa shape index (κ1) is 14.4. The summed E-state index contributed by atoms with van der Waals surface area (Å²) in [7, 11) is 2.13. The molecule has 2 nitrogen and oxygen atoms in total. The van der Waals surface area contributed by atoms with Gasteiger partial charge in [-0.05, 0) is 46.3 Å². The summed E-state index contributed by atoms with van der Waals surface area (Å²) in [5, 5.41) is 3.46. The summed E-state index contributed by atoms with van der Waals surface area (Å²) in [6.45, 7) is 5.19. The van der Waals surface area contributed by atoms with Crippen molar-refractivity contribution in [3.63, 3.8) is 0 Å². The van der Waals surface area contributed by atoms with Gasteiger partial charge in [-0.25, -0.2) is 8.78 Å². The Morgan fingerprint density at radius 1 is 1.37 bits per heavy atom. The van der Waals surface area contributed by atoms with E-state index in [-0.39, 0.29) is 6.04 Å². The molecular weight excluding hydrogens is 246 g/mol. The van der Waals surface area contributed by atoms with Crippen molar-refractivity contribution in [1.29, 1.82) is 0 Å². The molecule has 1 aliphatic heterocycles. The summed E-state index contributed by atoms with van der Waals surface area (Å²) >= 11 is 0. The summed E-state index contributed by atoms with van der Waals surface area (Å²) in [5.41, 5.74) is 0.535. The molecule has 3 unspecified atom stereocenters. The summed E-state index contributed by atoms with van der Waals surface area (Å²) in [6, 6.07) is 4.63. The topological polar surface area (TPSA) is 15.3 Å². The van der Waals surface area contributed by atoms with Crippen LogP contribution < -0.4 is 5.32 Å². The number of hydrogen-bond acceptors (Lipinski definition) is 2. The molecule has 1 aromatic carbocycles. The second-order valence-corrected chi connectivity index (χ2v) is 5.61. The van der Waals surface area contributed by atoms with Gasteiger partial charge < -0.3 is 10.2 Å². The van der Waals surface area contributed by atoms with Gasteiger partial charge in [-0.15, -0.1) is 0 Å². The first-order valence-electron chi connectivity index (χ1n) is 6.88. The van der Waals surface area contributed by atoms with Gasteiger partial charge in [0.2, 0.25) is 0 Å². The van der Waals surface area contributed by atoms with Gasteiger partial charge >= 0.3 is 0 Å². The largest absolute Gasteiger partial charge is 0.307 e. The monoisotopic (exact) mass is 268 g/mol. The highest BCUT2D eigenvalue weighted by molar-refractivity contribution is 5.21. The zero-order valence-corrected chi connectivity index (χ0v) is 11.8. The Bertz CT molecular complexity index is 436. The van der Waals surface area contributed by atoms with Crippen LogP contribution >= 0.6 is 0 Å². The van der Waals surface area contributed by atoms with Crippen LogP contribution in [-0.4, -0.2) is 30.6 Å². The first-order valence-corrected chi connectivity index (χ1v) is 6.88. The van der Waals surface area contributed by atoms with Crippen molar-refractivity contribution in [2.24, 2.45) is 0 Å². The lowest BCUT2D eigenvalue weighted by Gasteiger charge is -2.36. The molecule has 0 saturated carbocycles. The van der Waals surface area contributed by atoms with Crippen molar-refractivity contribution in [3.05, 3.63) is 35.4 Å². The van der Waals surface area contributed by atoms with Crippen molar-refractivity contribution in [3.8, 4) is 0 Å². The Kier molecular flexibility index (Phi) is 4.53. The number of benzene rings is 1. The maximum atomic E-state index is 13.7. The molecule has 1 heterocycles. The lowest BCUT2D eigenvalue weighted by atomic mass is 9.97. The van der Waals surface area contributed by atoms with Gasteiger partial charge in [0, 0.05) is 29.8 Å². The minimum Gasteiger partial charge on any atom is -0.307 e. The lowest BCUT2D eigenvalue weighted by molar-refractivity contribution is 0.163. The zero-order valence-electron chi connectivity index (χ0n) is 11.8. The van der Waals surface area contributed by atoms with E-state index >= 15 is 0 Å². The molecule has 2 rings (SSSR count). The maximum Gasteiger partial charge on any atom is 0.130 e. The van der Waals surface area contributed by atoms with Crippen molar-refractivity contribution < 1.29 is 8.78 Å². The van der Waals surface area contributed by atoms with Gasteiger partial charge in [0.05, 0.1) is 0 Å². The fourth-order valence-corrected chi connectivity index (χ4v) is 2.74. The van der Waals surface area contributed by atoms with Crippen molar-refractivity contribution in [1.82, 2.24) is 10.2 Å². The van der Waals surface area contributed by atoms with Gasteiger partial charge in [0.15, 0.2) is 0 Å². The average molecular weight is 268 g/mol. The quantitative estimate of drug-likeness (QED) is 0.906.